The van der Waals surface area contributed by atoms with E-state index in [1.165, 1.54) is 0 Å². The van der Waals surface area contributed by atoms with Crippen LogP contribution >= 0.6 is 0 Å². The van der Waals surface area contributed by atoms with Gasteiger partial charge >= 0.3 is 0 Å². The van der Waals surface area contributed by atoms with Gasteiger partial charge in [-0.15, -0.1) is 0 Å². The average molecular weight is 268 g/mol. The molecule has 3 N–H and O–H groups in total. The van der Waals surface area contributed by atoms with Crippen molar-refractivity contribution in [3.63, 3.8) is 0 Å². The van der Waals surface area contributed by atoms with E-state index in [0.717, 1.165) is 12.8 Å². The van der Waals surface area contributed by atoms with Gasteiger partial charge in [0, 0.05) is 11.2 Å². The molecule has 0 unspecified atom stereocenters. The number of sulfonamides is 1. The van der Waals surface area contributed by atoms with Crippen molar-refractivity contribution in [1.29, 1.82) is 0 Å². The molecule has 1 aliphatic rings. The molecule has 5 heteroatoms. The summed E-state index contributed by atoms with van der Waals surface area (Å²) in [6.07, 6.45) is 2.19. The van der Waals surface area contributed by atoms with Gasteiger partial charge in [0.1, 0.15) is 0 Å². The molecule has 0 amide bonds. The van der Waals surface area contributed by atoms with Crippen LogP contribution < -0.4 is 10.5 Å². The first-order valence-electron chi connectivity index (χ1n) is 6.12. The van der Waals surface area contributed by atoms with Crippen LogP contribution in [-0.4, -0.2) is 14.0 Å². The second-order valence-electron chi connectivity index (χ2n) is 5.63. The molecule has 0 aliphatic heterocycles. The SMILES string of the molecule is Cc1cc(N)ccc1S(=O)(=O)NC(C)(C)C1CC1. The molecule has 0 heterocycles. The summed E-state index contributed by atoms with van der Waals surface area (Å²) in [7, 11) is -3.48. The normalized spacial score (nSPS) is 16.8. The van der Waals surface area contributed by atoms with Crippen LogP contribution in [0.2, 0.25) is 0 Å². The number of rotatable bonds is 4. The zero-order valence-electron chi connectivity index (χ0n) is 11.0. The predicted molar refractivity (Wildman–Crippen MR) is 72.7 cm³/mol. The van der Waals surface area contributed by atoms with Crippen molar-refractivity contribution in [2.24, 2.45) is 5.92 Å². The number of nitrogens with one attached hydrogen (secondary N) is 1. The van der Waals surface area contributed by atoms with E-state index < -0.39 is 10.0 Å². The van der Waals surface area contributed by atoms with E-state index in [0.29, 0.717) is 22.1 Å². The highest BCUT2D eigenvalue weighted by Crippen LogP contribution is 2.40. The molecular formula is C13H20N2O2S. The van der Waals surface area contributed by atoms with Gasteiger partial charge in [0.2, 0.25) is 10.0 Å². The molecule has 4 nitrogen and oxygen atoms in total. The van der Waals surface area contributed by atoms with Crippen molar-refractivity contribution < 1.29 is 8.42 Å². The van der Waals surface area contributed by atoms with E-state index in [1.54, 1.807) is 25.1 Å². The van der Waals surface area contributed by atoms with E-state index in [2.05, 4.69) is 4.72 Å². The zero-order chi connectivity index (χ0) is 13.6. The highest BCUT2D eigenvalue weighted by molar-refractivity contribution is 7.89. The van der Waals surface area contributed by atoms with E-state index >= 15 is 0 Å². The van der Waals surface area contributed by atoms with Crippen LogP contribution in [0, 0.1) is 12.8 Å². The van der Waals surface area contributed by atoms with E-state index in [-0.39, 0.29) is 5.54 Å². The first-order valence-corrected chi connectivity index (χ1v) is 7.61. The maximum atomic E-state index is 12.4. The summed E-state index contributed by atoms with van der Waals surface area (Å²) in [5.41, 5.74) is 6.51. The van der Waals surface area contributed by atoms with Crippen molar-refractivity contribution >= 4 is 15.7 Å². The summed E-state index contributed by atoms with van der Waals surface area (Å²) < 4.78 is 27.5. The molecule has 2 rings (SSSR count). The fraction of sp³-hybridized carbons (Fsp3) is 0.538. The minimum atomic E-state index is -3.48. The van der Waals surface area contributed by atoms with Crippen LogP contribution in [0.1, 0.15) is 32.3 Å². The Morgan fingerprint density at radius 2 is 1.94 bits per heavy atom. The Morgan fingerprint density at radius 3 is 2.44 bits per heavy atom. The maximum Gasteiger partial charge on any atom is 0.241 e. The van der Waals surface area contributed by atoms with E-state index in [4.69, 9.17) is 5.73 Å². The van der Waals surface area contributed by atoms with Crippen molar-refractivity contribution in [3.8, 4) is 0 Å². The number of aryl methyl sites for hydroxylation is 1. The second-order valence-corrected chi connectivity index (χ2v) is 7.28. The summed E-state index contributed by atoms with van der Waals surface area (Å²) in [5, 5.41) is 0. The van der Waals surface area contributed by atoms with Crippen molar-refractivity contribution in [1.82, 2.24) is 4.72 Å². The van der Waals surface area contributed by atoms with Gasteiger partial charge in [0.15, 0.2) is 0 Å². The number of nitrogens with two attached hydrogens (primary N) is 1. The number of nitrogen functional groups attached to an aromatic ring is 1. The lowest BCUT2D eigenvalue weighted by atomic mass is 10.0. The van der Waals surface area contributed by atoms with Gasteiger partial charge in [-0.1, -0.05) is 0 Å². The molecule has 0 radical (unpaired) electrons. The number of hydrogen-bond acceptors (Lipinski definition) is 3. The quantitative estimate of drug-likeness (QED) is 0.821. The van der Waals surface area contributed by atoms with Crippen molar-refractivity contribution in [2.45, 2.75) is 44.0 Å². The molecule has 0 aromatic heterocycles. The van der Waals surface area contributed by atoms with E-state index in [9.17, 15) is 8.42 Å². The van der Waals surface area contributed by atoms with Crippen LogP contribution in [0.25, 0.3) is 0 Å². The first kappa shape index (κ1) is 13.4. The number of anilines is 1. The molecule has 1 saturated carbocycles. The van der Waals surface area contributed by atoms with Crippen LogP contribution in [0.15, 0.2) is 23.1 Å². The largest absolute Gasteiger partial charge is 0.399 e. The molecule has 1 aromatic carbocycles. The third-order valence-electron chi connectivity index (χ3n) is 3.48. The Hall–Kier alpha value is -1.07. The summed E-state index contributed by atoms with van der Waals surface area (Å²) in [4.78, 5) is 0.311. The smallest absolute Gasteiger partial charge is 0.241 e. The van der Waals surface area contributed by atoms with Crippen LogP contribution in [0.5, 0.6) is 0 Å². The van der Waals surface area contributed by atoms with Gasteiger partial charge in [-0.3, -0.25) is 0 Å². The molecule has 100 valence electrons. The lowest BCUT2D eigenvalue weighted by Crippen LogP contribution is -2.45. The lowest BCUT2D eigenvalue weighted by molar-refractivity contribution is 0.400. The number of benzene rings is 1. The highest BCUT2D eigenvalue weighted by Gasteiger charge is 2.40. The minimum Gasteiger partial charge on any atom is -0.399 e. The van der Waals surface area contributed by atoms with Crippen LogP contribution in [0.3, 0.4) is 0 Å². The fourth-order valence-electron chi connectivity index (χ4n) is 2.26. The molecule has 1 aromatic rings. The highest BCUT2D eigenvalue weighted by atomic mass is 32.2. The predicted octanol–water partition coefficient (Wildman–Crippen LogP) is 2.04. The first-order chi connectivity index (χ1) is 8.22. The topological polar surface area (TPSA) is 72.2 Å². The molecule has 1 fully saturated rings. The third-order valence-corrected chi connectivity index (χ3v) is 5.32. The Kier molecular flexibility index (Phi) is 3.15. The van der Waals surface area contributed by atoms with Gasteiger partial charge in [-0.05, 0) is 63.3 Å². The Morgan fingerprint density at radius 1 is 1.33 bits per heavy atom. The Bertz CT molecular complexity index is 560. The second kappa shape index (κ2) is 4.24. The summed E-state index contributed by atoms with van der Waals surface area (Å²) in [6.45, 7) is 5.64. The zero-order valence-corrected chi connectivity index (χ0v) is 11.8. The van der Waals surface area contributed by atoms with Gasteiger partial charge in [-0.2, -0.15) is 0 Å². The average Bonchev–Trinajstić information content (AvgIpc) is 2.97. The van der Waals surface area contributed by atoms with Crippen molar-refractivity contribution in [2.75, 3.05) is 5.73 Å². The van der Waals surface area contributed by atoms with Crippen LogP contribution in [-0.2, 0) is 10.0 Å². The molecule has 0 bridgehead atoms. The number of hydrogen-bond donors (Lipinski definition) is 2. The fourth-order valence-corrected chi connectivity index (χ4v) is 3.96. The molecule has 0 atom stereocenters. The monoisotopic (exact) mass is 268 g/mol. The maximum absolute atomic E-state index is 12.4. The third kappa shape index (κ3) is 2.67. The van der Waals surface area contributed by atoms with Gasteiger partial charge in [0.25, 0.3) is 0 Å². The standard InChI is InChI=1S/C13H20N2O2S/c1-9-8-11(14)6-7-12(9)18(16,17)15-13(2,3)10-4-5-10/h6-8,10,15H,4-5,14H2,1-3H3. The van der Waals surface area contributed by atoms with Gasteiger partial charge < -0.3 is 5.73 Å². The van der Waals surface area contributed by atoms with Gasteiger partial charge in [-0.25, -0.2) is 13.1 Å². The minimum absolute atomic E-state index is 0.311. The Balaban J connectivity index is 2.30. The summed E-state index contributed by atoms with van der Waals surface area (Å²) in [6, 6.07) is 4.86. The molecule has 1 aliphatic carbocycles. The molecular weight excluding hydrogens is 248 g/mol. The molecule has 0 spiro atoms. The Labute approximate surface area is 109 Å². The molecule has 18 heavy (non-hydrogen) atoms. The molecule has 0 saturated heterocycles. The lowest BCUT2D eigenvalue weighted by Gasteiger charge is -2.26. The summed E-state index contributed by atoms with van der Waals surface area (Å²) in [5.74, 6) is 0.446. The van der Waals surface area contributed by atoms with Crippen LogP contribution in [0.4, 0.5) is 5.69 Å². The summed E-state index contributed by atoms with van der Waals surface area (Å²) >= 11 is 0. The van der Waals surface area contributed by atoms with Gasteiger partial charge in [0.05, 0.1) is 4.90 Å². The van der Waals surface area contributed by atoms with Crippen molar-refractivity contribution in [3.05, 3.63) is 23.8 Å². The van der Waals surface area contributed by atoms with E-state index in [1.807, 2.05) is 13.8 Å².